The Morgan fingerprint density at radius 1 is 1.26 bits per heavy atom. The number of furan rings is 1. The van der Waals surface area contributed by atoms with Gasteiger partial charge in [0.2, 0.25) is 5.71 Å². The fourth-order valence-corrected chi connectivity index (χ4v) is 3.65. The first-order valence-electron chi connectivity index (χ1n) is 9.28. The molecule has 1 N–H and O–H groups in total. The van der Waals surface area contributed by atoms with Crippen LogP contribution in [0.5, 0.6) is 0 Å². The molecule has 1 aliphatic carbocycles. The van der Waals surface area contributed by atoms with E-state index in [1.165, 1.54) is 6.26 Å². The van der Waals surface area contributed by atoms with Crippen LogP contribution in [-0.2, 0) is 13.1 Å². The normalized spacial score (nSPS) is 17.8. The summed E-state index contributed by atoms with van der Waals surface area (Å²) in [6.07, 6.45) is 3.70. The highest BCUT2D eigenvalue weighted by molar-refractivity contribution is 6.09. The molecule has 1 saturated carbocycles. The van der Waals surface area contributed by atoms with Gasteiger partial charge in [0.25, 0.3) is 5.91 Å². The lowest BCUT2D eigenvalue weighted by Gasteiger charge is -2.27. The number of hydrogen-bond donors (Lipinski definition) is 1. The van der Waals surface area contributed by atoms with Gasteiger partial charge in [0, 0.05) is 12.1 Å². The van der Waals surface area contributed by atoms with E-state index in [4.69, 9.17) is 4.42 Å². The number of amides is 1. The Bertz CT molecular complexity index is 1060. The van der Waals surface area contributed by atoms with Crippen LogP contribution in [0.4, 0.5) is 5.82 Å². The molecule has 0 saturated heterocycles. The molecule has 2 aliphatic rings. The average molecular weight is 366 g/mol. The largest absolute Gasteiger partial charge is 0.445 e. The van der Waals surface area contributed by atoms with E-state index in [-0.39, 0.29) is 11.4 Å². The minimum atomic E-state index is -0.0599. The van der Waals surface area contributed by atoms with Gasteiger partial charge in [0.1, 0.15) is 17.9 Å². The predicted octanol–water partition coefficient (Wildman–Crippen LogP) is 2.66. The zero-order valence-electron chi connectivity index (χ0n) is 15.7. The summed E-state index contributed by atoms with van der Waals surface area (Å²) in [6, 6.07) is 2.03. The van der Waals surface area contributed by atoms with Gasteiger partial charge in [-0.15, -0.1) is 0 Å². The van der Waals surface area contributed by atoms with Crippen molar-refractivity contribution in [1.82, 2.24) is 24.6 Å². The van der Waals surface area contributed by atoms with Gasteiger partial charge in [-0.3, -0.25) is 9.48 Å². The van der Waals surface area contributed by atoms with Crippen molar-refractivity contribution in [2.24, 2.45) is 0 Å². The molecule has 3 aromatic heterocycles. The van der Waals surface area contributed by atoms with Crippen LogP contribution in [0.25, 0.3) is 11.1 Å². The number of anilines is 1. The van der Waals surface area contributed by atoms with Gasteiger partial charge in [-0.25, -0.2) is 4.98 Å². The van der Waals surface area contributed by atoms with Crippen molar-refractivity contribution in [3.8, 4) is 0 Å². The van der Waals surface area contributed by atoms with Gasteiger partial charge in [0.05, 0.1) is 35.4 Å². The number of aryl methyl sites for hydroxylation is 2. The maximum Gasteiger partial charge on any atom is 0.258 e. The number of carbonyl (C=O) groups excluding carboxylic acids is 1. The standard InChI is InChI=1S/C19H22N6O2/c1-11-8-13-9-24(6-7-25(13)23-11)18(26)14-10-27-17-15(14)16(20-12(2)21-17)22-19(3)4-5-19/h8,10H,4-7,9H2,1-3H3,(H,20,21,22). The van der Waals surface area contributed by atoms with Gasteiger partial charge in [0.15, 0.2) is 0 Å². The molecule has 8 heteroatoms. The fourth-order valence-electron chi connectivity index (χ4n) is 3.65. The number of rotatable bonds is 3. The molecule has 0 atom stereocenters. The lowest BCUT2D eigenvalue weighted by Crippen LogP contribution is -2.38. The third-order valence-electron chi connectivity index (χ3n) is 5.40. The quantitative estimate of drug-likeness (QED) is 0.767. The second-order valence-corrected chi connectivity index (χ2v) is 7.86. The SMILES string of the molecule is Cc1cc2n(n1)CCN(C(=O)c1coc3nc(C)nc(NC4(C)CC4)c13)C2. The van der Waals surface area contributed by atoms with Gasteiger partial charge >= 0.3 is 0 Å². The molecule has 0 aromatic carbocycles. The topological polar surface area (TPSA) is 89.1 Å². The molecule has 3 aromatic rings. The number of nitrogens with zero attached hydrogens (tertiary/aromatic N) is 5. The molecule has 0 radical (unpaired) electrons. The third kappa shape index (κ3) is 2.75. The summed E-state index contributed by atoms with van der Waals surface area (Å²) in [5.74, 6) is 1.25. The Morgan fingerprint density at radius 2 is 2.07 bits per heavy atom. The number of fused-ring (bicyclic) bond motifs is 2. The summed E-state index contributed by atoms with van der Waals surface area (Å²) in [7, 11) is 0. The molecule has 1 aliphatic heterocycles. The van der Waals surface area contributed by atoms with Gasteiger partial charge in [-0.2, -0.15) is 10.1 Å². The highest BCUT2D eigenvalue weighted by atomic mass is 16.3. The first-order chi connectivity index (χ1) is 12.9. The maximum atomic E-state index is 13.3. The Balaban J connectivity index is 1.52. The minimum absolute atomic E-state index is 0.0421. The van der Waals surface area contributed by atoms with Crippen molar-refractivity contribution in [2.45, 2.75) is 52.2 Å². The molecular formula is C19H22N6O2. The Labute approximate surface area is 156 Å². The van der Waals surface area contributed by atoms with E-state index in [0.717, 1.165) is 24.2 Å². The third-order valence-corrected chi connectivity index (χ3v) is 5.40. The van der Waals surface area contributed by atoms with Crippen molar-refractivity contribution < 1.29 is 9.21 Å². The van der Waals surface area contributed by atoms with E-state index in [1.54, 1.807) is 0 Å². The second kappa shape index (κ2) is 5.55. The molecule has 140 valence electrons. The van der Waals surface area contributed by atoms with E-state index < -0.39 is 0 Å². The smallest absolute Gasteiger partial charge is 0.258 e. The molecular weight excluding hydrogens is 344 g/mol. The predicted molar refractivity (Wildman–Crippen MR) is 99.5 cm³/mol. The van der Waals surface area contributed by atoms with Crippen molar-refractivity contribution in [2.75, 3.05) is 11.9 Å². The summed E-state index contributed by atoms with van der Waals surface area (Å²) in [4.78, 5) is 24.0. The van der Waals surface area contributed by atoms with E-state index in [9.17, 15) is 4.79 Å². The van der Waals surface area contributed by atoms with Crippen LogP contribution in [-0.4, -0.2) is 42.6 Å². The Hall–Kier alpha value is -2.90. The van der Waals surface area contributed by atoms with Crippen LogP contribution in [0, 0.1) is 13.8 Å². The number of nitrogens with one attached hydrogen (secondary N) is 1. The molecule has 27 heavy (non-hydrogen) atoms. The first-order valence-corrected chi connectivity index (χ1v) is 9.28. The number of aromatic nitrogens is 4. The lowest BCUT2D eigenvalue weighted by molar-refractivity contribution is 0.0707. The van der Waals surface area contributed by atoms with Crippen LogP contribution in [0.3, 0.4) is 0 Å². The summed E-state index contributed by atoms with van der Waals surface area (Å²) in [5.41, 5.74) is 3.04. The molecule has 1 amide bonds. The summed E-state index contributed by atoms with van der Waals surface area (Å²) >= 11 is 0. The van der Waals surface area contributed by atoms with E-state index in [1.807, 2.05) is 29.5 Å². The lowest BCUT2D eigenvalue weighted by atomic mass is 10.1. The zero-order chi connectivity index (χ0) is 18.8. The van der Waals surface area contributed by atoms with Crippen LogP contribution in [0.15, 0.2) is 16.7 Å². The minimum Gasteiger partial charge on any atom is -0.445 e. The second-order valence-electron chi connectivity index (χ2n) is 7.86. The van der Waals surface area contributed by atoms with Crippen molar-refractivity contribution in [3.63, 3.8) is 0 Å². The van der Waals surface area contributed by atoms with Crippen LogP contribution >= 0.6 is 0 Å². The monoisotopic (exact) mass is 366 g/mol. The van der Waals surface area contributed by atoms with Crippen molar-refractivity contribution in [1.29, 1.82) is 0 Å². The summed E-state index contributed by atoms with van der Waals surface area (Å²) in [5, 5.41) is 8.62. The van der Waals surface area contributed by atoms with E-state index in [2.05, 4.69) is 27.3 Å². The van der Waals surface area contributed by atoms with Gasteiger partial charge < -0.3 is 14.6 Å². The van der Waals surface area contributed by atoms with Crippen molar-refractivity contribution in [3.05, 3.63) is 35.1 Å². The molecule has 4 heterocycles. The van der Waals surface area contributed by atoms with E-state index >= 15 is 0 Å². The Kier molecular flexibility index (Phi) is 3.35. The summed E-state index contributed by atoms with van der Waals surface area (Å²) in [6.45, 7) is 7.82. The molecule has 1 fully saturated rings. The van der Waals surface area contributed by atoms with Crippen molar-refractivity contribution >= 4 is 22.8 Å². The molecule has 0 unspecified atom stereocenters. The van der Waals surface area contributed by atoms with Crippen LogP contribution in [0.1, 0.15) is 47.3 Å². The van der Waals surface area contributed by atoms with Gasteiger partial charge in [-0.1, -0.05) is 0 Å². The van der Waals surface area contributed by atoms with Gasteiger partial charge in [-0.05, 0) is 39.7 Å². The molecule has 8 nitrogen and oxygen atoms in total. The van der Waals surface area contributed by atoms with Crippen LogP contribution < -0.4 is 5.32 Å². The average Bonchev–Trinajstić information content (AvgIpc) is 3.04. The Morgan fingerprint density at radius 3 is 2.85 bits per heavy atom. The van der Waals surface area contributed by atoms with Crippen LogP contribution in [0.2, 0.25) is 0 Å². The number of carbonyl (C=O) groups is 1. The summed E-state index contributed by atoms with van der Waals surface area (Å²) < 4.78 is 7.61. The molecule has 0 bridgehead atoms. The fraction of sp³-hybridized carbons (Fsp3) is 0.474. The maximum absolute atomic E-state index is 13.3. The highest BCUT2D eigenvalue weighted by Gasteiger charge is 2.38. The molecule has 0 spiro atoms. The highest BCUT2D eigenvalue weighted by Crippen LogP contribution is 2.40. The van der Waals surface area contributed by atoms with E-state index in [0.29, 0.717) is 47.9 Å². The number of hydrogen-bond acceptors (Lipinski definition) is 6. The first kappa shape index (κ1) is 16.3. The zero-order valence-corrected chi connectivity index (χ0v) is 15.7. The molecule has 5 rings (SSSR count).